The second-order valence-corrected chi connectivity index (χ2v) is 4.86. The standard InChI is InChI=1S/C16H20N2O2/c19-16(20)9-3-1-2-6-11-17-15-10-12-18-14-8-5-4-7-13(14)15/h4-5,7-8,10,12H,1-3,6,9,11H2,(H,17,18)(H,19,20). The van der Waals surface area contributed by atoms with E-state index in [0.717, 1.165) is 48.8 Å². The molecule has 0 radical (unpaired) electrons. The Hall–Kier alpha value is -2.10. The molecule has 0 aliphatic heterocycles. The van der Waals surface area contributed by atoms with Crippen LogP contribution in [0.25, 0.3) is 10.9 Å². The van der Waals surface area contributed by atoms with Gasteiger partial charge < -0.3 is 10.4 Å². The van der Waals surface area contributed by atoms with Gasteiger partial charge in [-0.1, -0.05) is 31.0 Å². The number of benzene rings is 1. The van der Waals surface area contributed by atoms with Crippen LogP contribution in [0.5, 0.6) is 0 Å². The van der Waals surface area contributed by atoms with Crippen LogP contribution in [-0.2, 0) is 4.79 Å². The quantitative estimate of drug-likeness (QED) is 0.719. The summed E-state index contributed by atoms with van der Waals surface area (Å²) in [5, 5.41) is 13.1. The van der Waals surface area contributed by atoms with Crippen molar-refractivity contribution >= 4 is 22.6 Å². The van der Waals surface area contributed by atoms with Gasteiger partial charge in [-0.05, 0) is 25.0 Å². The maximum Gasteiger partial charge on any atom is 0.303 e. The maximum atomic E-state index is 10.4. The number of anilines is 1. The Morgan fingerprint density at radius 3 is 2.75 bits per heavy atom. The van der Waals surface area contributed by atoms with Crippen LogP contribution in [0.3, 0.4) is 0 Å². The van der Waals surface area contributed by atoms with Gasteiger partial charge in [0.25, 0.3) is 0 Å². The zero-order chi connectivity index (χ0) is 14.2. The fourth-order valence-electron chi connectivity index (χ4n) is 2.23. The lowest BCUT2D eigenvalue weighted by molar-refractivity contribution is -0.137. The Balaban J connectivity index is 1.75. The van der Waals surface area contributed by atoms with Crippen molar-refractivity contribution in [1.29, 1.82) is 0 Å². The predicted molar refractivity (Wildman–Crippen MR) is 81.0 cm³/mol. The highest BCUT2D eigenvalue weighted by Gasteiger charge is 2.00. The number of hydrogen-bond donors (Lipinski definition) is 2. The van der Waals surface area contributed by atoms with Crippen molar-refractivity contribution in [3.63, 3.8) is 0 Å². The van der Waals surface area contributed by atoms with Crippen LogP contribution in [-0.4, -0.2) is 22.6 Å². The lowest BCUT2D eigenvalue weighted by atomic mass is 10.1. The Kier molecular flexibility index (Phi) is 5.35. The Labute approximate surface area is 118 Å². The first-order valence-electron chi connectivity index (χ1n) is 7.07. The van der Waals surface area contributed by atoms with Crippen LogP contribution in [0.15, 0.2) is 36.5 Å². The zero-order valence-corrected chi connectivity index (χ0v) is 11.5. The van der Waals surface area contributed by atoms with E-state index in [9.17, 15) is 4.79 Å². The molecule has 106 valence electrons. The summed E-state index contributed by atoms with van der Waals surface area (Å²) in [4.78, 5) is 14.7. The third kappa shape index (κ3) is 4.23. The third-order valence-electron chi connectivity index (χ3n) is 3.28. The van der Waals surface area contributed by atoms with Gasteiger partial charge in [0, 0.05) is 30.2 Å². The summed E-state index contributed by atoms with van der Waals surface area (Å²) in [6.45, 7) is 0.904. The molecule has 2 aromatic rings. The molecule has 0 atom stereocenters. The molecule has 1 heterocycles. The minimum atomic E-state index is -0.702. The molecule has 0 aliphatic carbocycles. The number of para-hydroxylation sites is 1. The van der Waals surface area contributed by atoms with Crippen LogP contribution >= 0.6 is 0 Å². The predicted octanol–water partition coefficient (Wildman–Crippen LogP) is 3.68. The molecule has 0 aliphatic rings. The number of carbonyl (C=O) groups is 1. The fourth-order valence-corrected chi connectivity index (χ4v) is 2.23. The smallest absolute Gasteiger partial charge is 0.303 e. The zero-order valence-electron chi connectivity index (χ0n) is 11.5. The van der Waals surface area contributed by atoms with Gasteiger partial charge in [0.2, 0.25) is 0 Å². The van der Waals surface area contributed by atoms with E-state index in [-0.39, 0.29) is 6.42 Å². The Bertz CT molecular complexity index is 564. The van der Waals surface area contributed by atoms with Crippen molar-refractivity contribution in [2.24, 2.45) is 0 Å². The Morgan fingerprint density at radius 1 is 1.10 bits per heavy atom. The summed E-state index contributed by atoms with van der Waals surface area (Å²) in [6.07, 6.45) is 5.96. The lowest BCUT2D eigenvalue weighted by Gasteiger charge is -2.09. The topological polar surface area (TPSA) is 62.2 Å². The van der Waals surface area contributed by atoms with E-state index in [1.54, 1.807) is 0 Å². The van der Waals surface area contributed by atoms with Gasteiger partial charge in [-0.25, -0.2) is 0 Å². The van der Waals surface area contributed by atoms with Crippen molar-refractivity contribution in [3.8, 4) is 0 Å². The summed E-state index contributed by atoms with van der Waals surface area (Å²) in [6, 6.07) is 10.1. The van der Waals surface area contributed by atoms with Crippen LogP contribution in [0.1, 0.15) is 32.1 Å². The van der Waals surface area contributed by atoms with E-state index in [0.29, 0.717) is 0 Å². The molecular formula is C16H20N2O2. The van der Waals surface area contributed by atoms with E-state index < -0.39 is 5.97 Å². The lowest BCUT2D eigenvalue weighted by Crippen LogP contribution is -2.02. The molecular weight excluding hydrogens is 252 g/mol. The normalized spacial score (nSPS) is 10.6. The highest BCUT2D eigenvalue weighted by atomic mass is 16.4. The minimum Gasteiger partial charge on any atom is -0.481 e. The van der Waals surface area contributed by atoms with Crippen LogP contribution in [0.2, 0.25) is 0 Å². The second-order valence-electron chi connectivity index (χ2n) is 4.86. The van der Waals surface area contributed by atoms with Crippen molar-refractivity contribution in [2.75, 3.05) is 11.9 Å². The summed E-state index contributed by atoms with van der Waals surface area (Å²) in [7, 11) is 0. The van der Waals surface area contributed by atoms with E-state index >= 15 is 0 Å². The summed E-state index contributed by atoms with van der Waals surface area (Å²) >= 11 is 0. The number of unbranched alkanes of at least 4 members (excludes halogenated alkanes) is 3. The number of aliphatic carboxylic acids is 1. The highest BCUT2D eigenvalue weighted by Crippen LogP contribution is 2.20. The molecule has 0 saturated heterocycles. The molecule has 0 amide bonds. The molecule has 0 saturated carbocycles. The fraction of sp³-hybridized carbons (Fsp3) is 0.375. The minimum absolute atomic E-state index is 0.280. The van der Waals surface area contributed by atoms with E-state index in [1.165, 1.54) is 0 Å². The number of aromatic nitrogens is 1. The molecule has 0 bridgehead atoms. The number of rotatable bonds is 8. The van der Waals surface area contributed by atoms with Crippen molar-refractivity contribution in [2.45, 2.75) is 32.1 Å². The van der Waals surface area contributed by atoms with Gasteiger partial charge in [0.05, 0.1) is 5.52 Å². The first-order chi connectivity index (χ1) is 9.77. The molecule has 0 spiro atoms. The van der Waals surface area contributed by atoms with Gasteiger partial charge in [-0.3, -0.25) is 9.78 Å². The molecule has 1 aromatic heterocycles. The molecule has 1 aromatic carbocycles. The van der Waals surface area contributed by atoms with E-state index in [1.807, 2.05) is 30.5 Å². The number of carboxylic acids is 1. The molecule has 0 unspecified atom stereocenters. The Morgan fingerprint density at radius 2 is 1.90 bits per heavy atom. The summed E-state index contributed by atoms with van der Waals surface area (Å²) in [5.41, 5.74) is 2.11. The van der Waals surface area contributed by atoms with Crippen LogP contribution in [0, 0.1) is 0 Å². The summed E-state index contributed by atoms with van der Waals surface area (Å²) in [5.74, 6) is -0.702. The van der Waals surface area contributed by atoms with Gasteiger partial charge in [-0.15, -0.1) is 0 Å². The van der Waals surface area contributed by atoms with E-state index in [2.05, 4.69) is 16.4 Å². The number of hydrogen-bond acceptors (Lipinski definition) is 3. The van der Waals surface area contributed by atoms with E-state index in [4.69, 9.17) is 5.11 Å². The van der Waals surface area contributed by atoms with Gasteiger partial charge in [-0.2, -0.15) is 0 Å². The van der Waals surface area contributed by atoms with Gasteiger partial charge in [0.1, 0.15) is 0 Å². The molecule has 4 nitrogen and oxygen atoms in total. The first kappa shape index (κ1) is 14.3. The maximum absolute atomic E-state index is 10.4. The number of nitrogens with one attached hydrogen (secondary N) is 1. The number of nitrogens with zero attached hydrogens (tertiary/aromatic N) is 1. The number of fused-ring (bicyclic) bond motifs is 1. The average Bonchev–Trinajstić information content (AvgIpc) is 2.46. The van der Waals surface area contributed by atoms with Crippen molar-refractivity contribution < 1.29 is 9.90 Å². The number of carboxylic acid groups (broad SMARTS) is 1. The first-order valence-corrected chi connectivity index (χ1v) is 7.07. The second kappa shape index (κ2) is 7.48. The van der Waals surface area contributed by atoms with Crippen molar-refractivity contribution in [3.05, 3.63) is 36.5 Å². The average molecular weight is 272 g/mol. The molecule has 4 heteroatoms. The molecule has 2 N–H and O–H groups in total. The van der Waals surface area contributed by atoms with Gasteiger partial charge in [0.15, 0.2) is 0 Å². The molecule has 0 fully saturated rings. The monoisotopic (exact) mass is 272 g/mol. The summed E-state index contributed by atoms with van der Waals surface area (Å²) < 4.78 is 0. The van der Waals surface area contributed by atoms with Crippen molar-refractivity contribution in [1.82, 2.24) is 4.98 Å². The molecule has 20 heavy (non-hydrogen) atoms. The van der Waals surface area contributed by atoms with Crippen LogP contribution in [0.4, 0.5) is 5.69 Å². The van der Waals surface area contributed by atoms with Crippen LogP contribution < -0.4 is 5.32 Å². The number of pyridine rings is 1. The third-order valence-corrected chi connectivity index (χ3v) is 3.28. The largest absolute Gasteiger partial charge is 0.481 e. The highest BCUT2D eigenvalue weighted by molar-refractivity contribution is 5.90. The molecule has 2 rings (SSSR count). The van der Waals surface area contributed by atoms with Gasteiger partial charge >= 0.3 is 5.97 Å². The SMILES string of the molecule is O=C(O)CCCCCCNc1ccnc2ccccc12.